The zero-order valence-corrected chi connectivity index (χ0v) is 6.86. The molecule has 0 aromatic rings. The Hall–Kier alpha value is -0.0400. The van der Waals surface area contributed by atoms with Crippen molar-refractivity contribution in [1.82, 2.24) is 5.32 Å². The van der Waals surface area contributed by atoms with Gasteiger partial charge in [-0.05, 0) is 25.3 Å². The third-order valence-corrected chi connectivity index (χ3v) is 3.32. The smallest absolute Gasteiger partial charge is 0.0233 e. The van der Waals surface area contributed by atoms with E-state index in [4.69, 9.17) is 0 Å². The Morgan fingerprint density at radius 2 is 1.78 bits per heavy atom. The van der Waals surface area contributed by atoms with Crippen LogP contribution in [-0.4, -0.2) is 12.6 Å². The number of hydrogen-bond donors (Lipinski definition) is 1. The molecule has 0 aromatic heterocycles. The molecule has 1 heteroatoms. The topological polar surface area (TPSA) is 12.0 Å². The molecule has 0 amide bonds. The molecule has 0 radical (unpaired) electrons. The van der Waals surface area contributed by atoms with Gasteiger partial charge in [-0.3, -0.25) is 0 Å². The van der Waals surface area contributed by atoms with E-state index in [-0.39, 0.29) is 0 Å². The highest BCUT2D eigenvalue weighted by molar-refractivity contribution is 5.12. The average molecular weight is 127 g/mol. The quantitative estimate of drug-likeness (QED) is 0.594. The third-order valence-electron chi connectivity index (χ3n) is 3.32. The molecule has 0 bridgehead atoms. The van der Waals surface area contributed by atoms with Crippen LogP contribution in [0.2, 0.25) is 0 Å². The summed E-state index contributed by atoms with van der Waals surface area (Å²) in [5.41, 5.74) is 0.500. The van der Waals surface area contributed by atoms with Crippen molar-refractivity contribution in [3.8, 4) is 0 Å². The van der Waals surface area contributed by atoms with Gasteiger partial charge in [0.1, 0.15) is 0 Å². The van der Waals surface area contributed by atoms with E-state index < -0.39 is 0 Å². The van der Waals surface area contributed by atoms with Crippen molar-refractivity contribution < 1.29 is 0 Å². The largest absolute Gasteiger partial charge is 0.314 e. The fourth-order valence-corrected chi connectivity index (χ4v) is 2.14. The summed E-state index contributed by atoms with van der Waals surface area (Å²) in [6.45, 7) is 6.91. The molecule has 1 N–H and O–H groups in total. The molecule has 0 aromatic carbocycles. The van der Waals surface area contributed by atoms with Gasteiger partial charge in [-0.2, -0.15) is 0 Å². The highest BCUT2D eigenvalue weighted by atomic mass is 15.0. The lowest BCUT2D eigenvalue weighted by Gasteiger charge is -2.12. The summed E-state index contributed by atoms with van der Waals surface area (Å²) < 4.78 is 0. The lowest BCUT2D eigenvalue weighted by atomic mass is 10.1. The minimum Gasteiger partial charge on any atom is -0.314 e. The zero-order chi connectivity index (χ0) is 7.07. The minimum absolute atomic E-state index is 0.500. The molecule has 1 fully saturated rings. The summed E-state index contributed by atoms with van der Waals surface area (Å²) >= 11 is 0. The highest BCUT2D eigenvalue weighted by Crippen LogP contribution is 2.51. The molecule has 54 valence electrons. The second-order valence-electron chi connectivity index (χ2n) is 3.22. The number of hydrogen-bond acceptors (Lipinski definition) is 1. The first-order chi connectivity index (χ1) is 4.19. The van der Waals surface area contributed by atoms with Crippen LogP contribution in [0.25, 0.3) is 0 Å². The highest BCUT2D eigenvalue weighted by Gasteiger charge is 2.56. The summed E-state index contributed by atoms with van der Waals surface area (Å²) in [5, 5.41) is 3.40. The summed E-state index contributed by atoms with van der Waals surface area (Å²) in [6.07, 6.45) is 1.27. The second kappa shape index (κ2) is 1.98. The molecule has 0 aliphatic heterocycles. The van der Waals surface area contributed by atoms with E-state index in [9.17, 15) is 0 Å². The van der Waals surface area contributed by atoms with Crippen molar-refractivity contribution in [1.29, 1.82) is 0 Å². The van der Waals surface area contributed by atoms with Gasteiger partial charge in [0.25, 0.3) is 0 Å². The van der Waals surface area contributed by atoms with Crippen molar-refractivity contribution in [2.24, 2.45) is 11.8 Å². The van der Waals surface area contributed by atoms with Crippen LogP contribution in [0.3, 0.4) is 0 Å². The van der Waals surface area contributed by atoms with Gasteiger partial charge in [0.15, 0.2) is 0 Å². The maximum Gasteiger partial charge on any atom is 0.0233 e. The fraction of sp³-hybridized carbons (Fsp3) is 1.00. The molecule has 1 aliphatic carbocycles. The zero-order valence-electron chi connectivity index (χ0n) is 6.86. The van der Waals surface area contributed by atoms with E-state index in [1.54, 1.807) is 0 Å². The van der Waals surface area contributed by atoms with Gasteiger partial charge < -0.3 is 5.32 Å². The Morgan fingerprint density at radius 1 is 1.33 bits per heavy atom. The first-order valence-corrected chi connectivity index (χ1v) is 3.88. The Bertz CT molecular complexity index is 95.1. The molecule has 1 saturated carbocycles. The fourth-order valence-electron chi connectivity index (χ4n) is 2.14. The molecular formula is C8H17N. The van der Waals surface area contributed by atoms with Gasteiger partial charge in [0.05, 0.1) is 0 Å². The van der Waals surface area contributed by atoms with Crippen molar-refractivity contribution in [2.45, 2.75) is 32.7 Å². The summed E-state index contributed by atoms with van der Waals surface area (Å²) in [7, 11) is 2.07. The predicted octanol–water partition coefficient (Wildman–Crippen LogP) is 1.64. The Balaban J connectivity index is 2.54. The van der Waals surface area contributed by atoms with Crippen LogP contribution in [0, 0.1) is 11.8 Å². The maximum atomic E-state index is 3.40. The number of nitrogens with one attached hydrogen (secondary N) is 1. The normalized spacial score (nSPS) is 49.3. The average Bonchev–Trinajstić information content (AvgIpc) is 2.39. The van der Waals surface area contributed by atoms with E-state index in [0.29, 0.717) is 5.54 Å². The molecule has 0 spiro atoms. The van der Waals surface area contributed by atoms with Crippen LogP contribution >= 0.6 is 0 Å². The van der Waals surface area contributed by atoms with Crippen molar-refractivity contribution in [3.05, 3.63) is 0 Å². The monoisotopic (exact) mass is 127 g/mol. The Morgan fingerprint density at radius 3 is 1.78 bits per heavy atom. The van der Waals surface area contributed by atoms with Crippen molar-refractivity contribution >= 4 is 0 Å². The van der Waals surface area contributed by atoms with Crippen LogP contribution in [0.4, 0.5) is 0 Å². The molecule has 1 rings (SSSR count). The van der Waals surface area contributed by atoms with Gasteiger partial charge in [0.2, 0.25) is 0 Å². The van der Waals surface area contributed by atoms with E-state index in [2.05, 4.69) is 33.1 Å². The van der Waals surface area contributed by atoms with Crippen LogP contribution in [0.15, 0.2) is 0 Å². The van der Waals surface area contributed by atoms with E-state index >= 15 is 0 Å². The van der Waals surface area contributed by atoms with Crippen molar-refractivity contribution in [2.75, 3.05) is 7.05 Å². The van der Waals surface area contributed by atoms with E-state index in [1.807, 2.05) is 0 Å². The Labute approximate surface area is 57.8 Å². The molecule has 9 heavy (non-hydrogen) atoms. The molecular weight excluding hydrogens is 110 g/mol. The lowest BCUT2D eigenvalue weighted by molar-refractivity contribution is 0.476. The predicted molar refractivity (Wildman–Crippen MR) is 40.4 cm³/mol. The van der Waals surface area contributed by atoms with Crippen LogP contribution in [0.1, 0.15) is 27.2 Å². The van der Waals surface area contributed by atoms with Gasteiger partial charge in [-0.1, -0.05) is 20.8 Å². The molecule has 2 unspecified atom stereocenters. The second-order valence-corrected chi connectivity index (χ2v) is 3.22. The van der Waals surface area contributed by atoms with Crippen LogP contribution in [-0.2, 0) is 0 Å². The van der Waals surface area contributed by atoms with Crippen molar-refractivity contribution in [3.63, 3.8) is 0 Å². The Kier molecular flexibility index (Phi) is 1.55. The minimum atomic E-state index is 0.500. The molecule has 1 aliphatic rings. The third kappa shape index (κ3) is 0.710. The summed E-state index contributed by atoms with van der Waals surface area (Å²) in [4.78, 5) is 0. The van der Waals surface area contributed by atoms with Crippen LogP contribution in [0.5, 0.6) is 0 Å². The van der Waals surface area contributed by atoms with Gasteiger partial charge in [-0.25, -0.2) is 0 Å². The molecule has 0 saturated heterocycles. The molecule has 2 atom stereocenters. The SMILES string of the molecule is CCC1(NC)C(C)C1C. The summed E-state index contributed by atoms with van der Waals surface area (Å²) in [6, 6.07) is 0. The van der Waals surface area contributed by atoms with Crippen LogP contribution < -0.4 is 5.32 Å². The van der Waals surface area contributed by atoms with Gasteiger partial charge >= 0.3 is 0 Å². The van der Waals surface area contributed by atoms with E-state index in [0.717, 1.165) is 11.8 Å². The molecule has 1 nitrogen and oxygen atoms in total. The summed E-state index contributed by atoms with van der Waals surface area (Å²) in [5.74, 6) is 1.76. The first kappa shape index (κ1) is 7.07. The standard InChI is InChI=1S/C8H17N/c1-5-8(9-4)6(2)7(8)3/h6-7,9H,5H2,1-4H3. The maximum absolute atomic E-state index is 3.40. The van der Waals surface area contributed by atoms with Gasteiger partial charge in [-0.15, -0.1) is 0 Å². The number of rotatable bonds is 2. The first-order valence-electron chi connectivity index (χ1n) is 3.88. The molecule has 0 heterocycles. The van der Waals surface area contributed by atoms with Gasteiger partial charge in [0, 0.05) is 5.54 Å². The van der Waals surface area contributed by atoms with E-state index in [1.165, 1.54) is 6.42 Å². The lowest BCUT2D eigenvalue weighted by Crippen LogP contribution is -2.29.